The molecule has 2 atom stereocenters. The summed E-state index contributed by atoms with van der Waals surface area (Å²) in [4.78, 5) is 15.9. The first-order chi connectivity index (χ1) is 8.74. The molecule has 0 N–H and O–H groups in total. The first-order valence-electron chi connectivity index (χ1n) is 6.21. The number of alkyl halides is 1. The molecule has 1 fully saturated rings. The molecule has 1 aliphatic rings. The number of hydrogen-bond donors (Lipinski definition) is 0. The fourth-order valence-corrected chi connectivity index (χ4v) is 2.86. The van der Waals surface area contributed by atoms with E-state index in [1.165, 1.54) is 6.42 Å². The first-order valence-corrected chi connectivity index (χ1v) is 7.12. The van der Waals surface area contributed by atoms with Gasteiger partial charge in [-0.05, 0) is 24.5 Å². The fourth-order valence-electron chi connectivity index (χ4n) is 2.25. The van der Waals surface area contributed by atoms with Gasteiger partial charge in [0.2, 0.25) is 0 Å². The van der Waals surface area contributed by atoms with Crippen LogP contribution >= 0.6 is 15.9 Å². The highest BCUT2D eigenvalue weighted by atomic mass is 79.9. The Balaban J connectivity index is 1.90. The highest BCUT2D eigenvalue weighted by molar-refractivity contribution is 9.09. The average molecular weight is 307 g/mol. The van der Waals surface area contributed by atoms with Gasteiger partial charge in [0.25, 0.3) is 0 Å². The lowest BCUT2D eigenvalue weighted by atomic mass is 9.99. The molecule has 1 aliphatic heterocycles. The van der Waals surface area contributed by atoms with E-state index in [0.717, 1.165) is 36.0 Å². The van der Waals surface area contributed by atoms with Crippen LogP contribution in [0.4, 0.5) is 5.82 Å². The Morgan fingerprint density at radius 1 is 1.28 bits per heavy atom. The van der Waals surface area contributed by atoms with Crippen molar-refractivity contribution < 1.29 is 0 Å². The van der Waals surface area contributed by atoms with Crippen LogP contribution in [0.5, 0.6) is 0 Å². The molecule has 18 heavy (non-hydrogen) atoms. The topological polar surface area (TPSA) is 41.9 Å². The van der Waals surface area contributed by atoms with Crippen molar-refractivity contribution in [2.75, 3.05) is 18.0 Å². The van der Waals surface area contributed by atoms with Crippen molar-refractivity contribution in [2.45, 2.75) is 18.2 Å². The normalized spacial score (nSPS) is 24.4. The van der Waals surface area contributed by atoms with Gasteiger partial charge in [0.1, 0.15) is 11.3 Å². The minimum Gasteiger partial charge on any atom is -0.355 e. The molecule has 2 aromatic rings. The second-order valence-corrected chi connectivity index (χ2v) is 5.97. The molecule has 0 saturated carbocycles. The molecule has 94 valence electrons. The minimum absolute atomic E-state index is 0.533. The van der Waals surface area contributed by atoms with Crippen LogP contribution in [-0.4, -0.2) is 32.9 Å². The van der Waals surface area contributed by atoms with Crippen LogP contribution in [-0.2, 0) is 0 Å². The highest BCUT2D eigenvalue weighted by Gasteiger charge is 2.24. The van der Waals surface area contributed by atoms with Gasteiger partial charge in [0.15, 0.2) is 5.65 Å². The molecule has 1 saturated heterocycles. The summed E-state index contributed by atoms with van der Waals surface area (Å²) in [5.74, 6) is 1.72. The van der Waals surface area contributed by atoms with Crippen molar-refractivity contribution in [1.29, 1.82) is 0 Å². The molecule has 0 spiro atoms. The van der Waals surface area contributed by atoms with Gasteiger partial charge in [0, 0.05) is 30.3 Å². The van der Waals surface area contributed by atoms with Crippen molar-refractivity contribution in [3.05, 3.63) is 24.5 Å². The average Bonchev–Trinajstić information content (AvgIpc) is 2.41. The van der Waals surface area contributed by atoms with Crippen LogP contribution in [0, 0.1) is 5.92 Å². The number of piperidine rings is 1. The summed E-state index contributed by atoms with van der Waals surface area (Å²) in [6.07, 6.45) is 4.57. The van der Waals surface area contributed by atoms with Crippen molar-refractivity contribution >= 4 is 32.9 Å². The molecular formula is C13H15BrN4. The van der Waals surface area contributed by atoms with Crippen molar-refractivity contribution in [1.82, 2.24) is 15.0 Å². The van der Waals surface area contributed by atoms with Crippen LogP contribution in [0.1, 0.15) is 13.3 Å². The van der Waals surface area contributed by atoms with E-state index in [1.807, 2.05) is 12.1 Å². The van der Waals surface area contributed by atoms with E-state index in [1.54, 1.807) is 12.4 Å². The monoisotopic (exact) mass is 306 g/mol. The standard InChI is InChI=1S/C13H15BrN4/c1-9-4-7-18(8-10(9)14)12-3-2-11-13(17-12)16-6-5-15-11/h2-3,5-6,9-10H,4,7-8H2,1H3. The Morgan fingerprint density at radius 2 is 2.11 bits per heavy atom. The number of anilines is 1. The van der Waals surface area contributed by atoms with E-state index >= 15 is 0 Å². The number of fused-ring (bicyclic) bond motifs is 1. The fraction of sp³-hybridized carbons (Fsp3) is 0.462. The van der Waals surface area contributed by atoms with Gasteiger partial charge >= 0.3 is 0 Å². The molecular weight excluding hydrogens is 292 g/mol. The second-order valence-electron chi connectivity index (χ2n) is 4.80. The molecule has 5 heteroatoms. The Labute approximate surface area is 115 Å². The molecule has 0 radical (unpaired) electrons. The van der Waals surface area contributed by atoms with Gasteiger partial charge in [-0.1, -0.05) is 22.9 Å². The first kappa shape index (κ1) is 11.8. The molecule has 0 bridgehead atoms. The number of rotatable bonds is 1. The summed E-state index contributed by atoms with van der Waals surface area (Å²) < 4.78 is 0. The summed E-state index contributed by atoms with van der Waals surface area (Å²) in [6.45, 7) is 4.35. The lowest BCUT2D eigenvalue weighted by Gasteiger charge is -2.35. The van der Waals surface area contributed by atoms with Crippen LogP contribution in [0.25, 0.3) is 11.2 Å². The summed E-state index contributed by atoms with van der Waals surface area (Å²) in [5, 5.41) is 0. The van der Waals surface area contributed by atoms with Crippen LogP contribution in [0.2, 0.25) is 0 Å². The molecule has 0 aromatic carbocycles. The molecule has 0 aliphatic carbocycles. The SMILES string of the molecule is CC1CCN(c2ccc3nccnc3n2)CC1Br. The number of nitrogens with zero attached hydrogens (tertiary/aromatic N) is 4. The molecule has 3 rings (SSSR count). The van der Waals surface area contributed by atoms with E-state index in [9.17, 15) is 0 Å². The third-order valence-corrected chi connectivity index (χ3v) is 4.70. The quantitative estimate of drug-likeness (QED) is 0.760. The second kappa shape index (κ2) is 4.80. The maximum Gasteiger partial charge on any atom is 0.180 e. The highest BCUT2D eigenvalue weighted by Crippen LogP contribution is 2.26. The smallest absolute Gasteiger partial charge is 0.180 e. The van der Waals surface area contributed by atoms with E-state index in [4.69, 9.17) is 0 Å². The number of halogens is 1. The predicted molar refractivity (Wildman–Crippen MR) is 76.0 cm³/mol. The Hall–Kier alpha value is -1.23. The predicted octanol–water partition coefficient (Wildman–Crippen LogP) is 2.63. The van der Waals surface area contributed by atoms with Crippen molar-refractivity contribution in [3.8, 4) is 0 Å². The molecule has 0 amide bonds. The third-order valence-electron chi connectivity index (χ3n) is 3.51. The largest absolute Gasteiger partial charge is 0.355 e. The molecule has 2 unspecified atom stereocenters. The van der Waals surface area contributed by atoms with E-state index in [2.05, 4.69) is 42.7 Å². The van der Waals surface area contributed by atoms with Crippen LogP contribution < -0.4 is 4.90 Å². The minimum atomic E-state index is 0.533. The van der Waals surface area contributed by atoms with Crippen molar-refractivity contribution in [2.24, 2.45) is 5.92 Å². The maximum absolute atomic E-state index is 4.59. The van der Waals surface area contributed by atoms with Gasteiger partial charge in [-0.3, -0.25) is 4.98 Å². The Kier molecular flexibility index (Phi) is 3.16. The van der Waals surface area contributed by atoms with Gasteiger partial charge < -0.3 is 4.90 Å². The van der Waals surface area contributed by atoms with Crippen LogP contribution in [0.3, 0.4) is 0 Å². The zero-order valence-corrected chi connectivity index (χ0v) is 11.8. The summed E-state index contributed by atoms with van der Waals surface area (Å²) in [6, 6.07) is 4.03. The molecule has 3 heterocycles. The molecule has 4 nitrogen and oxygen atoms in total. The maximum atomic E-state index is 4.59. The summed E-state index contributed by atoms with van der Waals surface area (Å²) >= 11 is 3.74. The Bertz CT molecular complexity index is 559. The van der Waals surface area contributed by atoms with Crippen molar-refractivity contribution in [3.63, 3.8) is 0 Å². The van der Waals surface area contributed by atoms with E-state index in [-0.39, 0.29) is 0 Å². The van der Waals surface area contributed by atoms with Gasteiger partial charge in [-0.15, -0.1) is 0 Å². The van der Waals surface area contributed by atoms with Gasteiger partial charge in [0.05, 0.1) is 0 Å². The van der Waals surface area contributed by atoms with Gasteiger partial charge in [-0.2, -0.15) is 0 Å². The summed E-state index contributed by atoms with van der Waals surface area (Å²) in [5.41, 5.74) is 1.57. The zero-order chi connectivity index (χ0) is 12.5. The third kappa shape index (κ3) is 2.19. The van der Waals surface area contributed by atoms with E-state index in [0.29, 0.717) is 4.83 Å². The number of aromatic nitrogens is 3. The summed E-state index contributed by atoms with van der Waals surface area (Å²) in [7, 11) is 0. The lowest BCUT2D eigenvalue weighted by Crippen LogP contribution is -2.40. The number of hydrogen-bond acceptors (Lipinski definition) is 4. The number of pyridine rings is 1. The van der Waals surface area contributed by atoms with Crippen LogP contribution in [0.15, 0.2) is 24.5 Å². The van der Waals surface area contributed by atoms with Gasteiger partial charge in [-0.25, -0.2) is 9.97 Å². The molecule has 2 aromatic heterocycles. The Morgan fingerprint density at radius 3 is 2.94 bits per heavy atom. The zero-order valence-electron chi connectivity index (χ0n) is 10.3. The van der Waals surface area contributed by atoms with E-state index < -0.39 is 0 Å². The lowest BCUT2D eigenvalue weighted by molar-refractivity contribution is 0.454.